The minimum absolute atomic E-state index is 0.00654. The van der Waals surface area contributed by atoms with Crippen LogP contribution in [-0.2, 0) is 27.2 Å². The lowest BCUT2D eigenvalue weighted by Gasteiger charge is -2.16. The molecule has 12 heteroatoms. The highest BCUT2D eigenvalue weighted by atomic mass is 32.2. The highest BCUT2D eigenvalue weighted by Gasteiger charge is 2.28. The van der Waals surface area contributed by atoms with Gasteiger partial charge in [-0.25, -0.2) is 4.79 Å². The summed E-state index contributed by atoms with van der Waals surface area (Å²) in [5.74, 6) is -0.604. The lowest BCUT2D eigenvalue weighted by Crippen LogP contribution is -2.30. The lowest BCUT2D eigenvalue weighted by atomic mass is 10.1. The predicted octanol–water partition coefficient (Wildman–Crippen LogP) is 8.13. The first kappa shape index (κ1) is 38.2. The van der Waals surface area contributed by atoms with Crippen molar-refractivity contribution in [2.45, 2.75) is 62.5 Å². The van der Waals surface area contributed by atoms with Gasteiger partial charge in [-0.2, -0.15) is 0 Å². The largest absolute Gasteiger partial charge is 0.497 e. The molecule has 0 bridgehead atoms. The third-order valence-electron chi connectivity index (χ3n) is 8.44. The van der Waals surface area contributed by atoms with Crippen molar-refractivity contribution in [3.8, 4) is 11.5 Å². The highest BCUT2D eigenvalue weighted by molar-refractivity contribution is 8.00. The summed E-state index contributed by atoms with van der Waals surface area (Å²) >= 11 is 2.83. The minimum Gasteiger partial charge on any atom is -0.497 e. The van der Waals surface area contributed by atoms with Crippen LogP contribution in [0.15, 0.2) is 83.4 Å². The summed E-state index contributed by atoms with van der Waals surface area (Å²) in [5.41, 5.74) is 2.89. The standard InChI is InChI=1S/C40H43N3O7S2/c1-5-33(38(46)43-39-35(40(47)50-6-2)30-18-11-8-12-19-34(30)52-39)51-29-17-13-16-27(23-29)41-37(45)31(42-36(44)25-14-9-7-10-15-25)22-26-20-21-28(48-3)24-32(26)49-4/h7,9-10,13-17,20-24,33H,5-6,8,11-12,18-19H2,1-4H3,(H,41,45)(H,42,44)(H,43,46)/b31-22+. The number of hydrogen-bond acceptors (Lipinski definition) is 9. The van der Waals surface area contributed by atoms with Crippen LogP contribution in [0, 0.1) is 0 Å². The monoisotopic (exact) mass is 741 g/mol. The molecule has 10 nitrogen and oxygen atoms in total. The van der Waals surface area contributed by atoms with Crippen LogP contribution >= 0.6 is 23.1 Å². The Morgan fingerprint density at radius 2 is 1.67 bits per heavy atom. The fourth-order valence-electron chi connectivity index (χ4n) is 5.81. The minimum atomic E-state index is -0.557. The first-order valence-electron chi connectivity index (χ1n) is 17.2. The molecular formula is C40H43N3O7S2. The van der Waals surface area contributed by atoms with Crippen molar-refractivity contribution in [1.82, 2.24) is 5.32 Å². The second kappa shape index (κ2) is 18.4. The van der Waals surface area contributed by atoms with Gasteiger partial charge in [0.05, 0.1) is 31.6 Å². The van der Waals surface area contributed by atoms with Gasteiger partial charge in [0, 0.05) is 32.7 Å². The summed E-state index contributed by atoms with van der Waals surface area (Å²) in [5, 5.41) is 8.76. The molecule has 3 N–H and O–H groups in total. The van der Waals surface area contributed by atoms with Crippen LogP contribution in [0.5, 0.6) is 11.5 Å². The number of anilines is 2. The Morgan fingerprint density at radius 3 is 2.40 bits per heavy atom. The van der Waals surface area contributed by atoms with Gasteiger partial charge < -0.3 is 30.2 Å². The number of esters is 1. The molecule has 1 atom stereocenters. The molecule has 0 fully saturated rings. The van der Waals surface area contributed by atoms with E-state index >= 15 is 0 Å². The van der Waals surface area contributed by atoms with Gasteiger partial charge in [-0.15, -0.1) is 23.1 Å². The summed E-state index contributed by atoms with van der Waals surface area (Å²) in [6, 6.07) is 20.9. The second-order valence-electron chi connectivity index (χ2n) is 12.0. The number of methoxy groups -OCH3 is 2. The van der Waals surface area contributed by atoms with Gasteiger partial charge in [0.2, 0.25) is 5.91 Å². The zero-order valence-electron chi connectivity index (χ0n) is 29.7. The van der Waals surface area contributed by atoms with Crippen LogP contribution in [-0.4, -0.2) is 49.8 Å². The molecular weight excluding hydrogens is 699 g/mol. The number of aryl methyl sites for hydroxylation is 1. The Labute approximate surface area is 312 Å². The zero-order valence-corrected chi connectivity index (χ0v) is 31.3. The van der Waals surface area contributed by atoms with Crippen molar-refractivity contribution < 1.29 is 33.4 Å². The van der Waals surface area contributed by atoms with E-state index in [9.17, 15) is 19.2 Å². The third kappa shape index (κ3) is 9.62. The molecule has 0 saturated carbocycles. The fourth-order valence-corrected chi connectivity index (χ4v) is 8.10. The predicted molar refractivity (Wildman–Crippen MR) is 207 cm³/mol. The van der Waals surface area contributed by atoms with Crippen LogP contribution in [0.1, 0.15) is 76.3 Å². The highest BCUT2D eigenvalue weighted by Crippen LogP contribution is 2.39. The molecule has 3 aromatic carbocycles. The zero-order chi connectivity index (χ0) is 37.0. The second-order valence-corrected chi connectivity index (χ2v) is 14.3. The molecule has 1 aromatic heterocycles. The van der Waals surface area contributed by atoms with E-state index in [1.165, 1.54) is 30.2 Å². The number of thioether (sulfide) groups is 1. The molecule has 52 heavy (non-hydrogen) atoms. The third-order valence-corrected chi connectivity index (χ3v) is 11.0. The molecule has 5 rings (SSSR count). The SMILES string of the molecule is CCOC(=O)c1c(NC(=O)C(CC)Sc2cccc(NC(=O)/C(=C\c3ccc(OC)cc3OC)NC(=O)c3ccccc3)c2)sc2c1CCCCC2. The Balaban J connectivity index is 1.35. The summed E-state index contributed by atoms with van der Waals surface area (Å²) in [6.45, 7) is 3.96. The molecule has 1 aliphatic carbocycles. The van der Waals surface area contributed by atoms with Crippen molar-refractivity contribution in [2.75, 3.05) is 31.5 Å². The number of hydrogen-bond donors (Lipinski definition) is 3. The summed E-state index contributed by atoms with van der Waals surface area (Å²) < 4.78 is 16.2. The molecule has 0 saturated heterocycles. The summed E-state index contributed by atoms with van der Waals surface area (Å²) in [6.07, 6.45) is 6.89. The van der Waals surface area contributed by atoms with Gasteiger partial charge in [0.25, 0.3) is 11.8 Å². The number of amides is 3. The van der Waals surface area contributed by atoms with Crippen LogP contribution in [0.3, 0.4) is 0 Å². The average molecular weight is 742 g/mol. The van der Waals surface area contributed by atoms with Gasteiger partial charge in [-0.05, 0) is 93.1 Å². The van der Waals surface area contributed by atoms with Gasteiger partial charge in [0.1, 0.15) is 22.2 Å². The van der Waals surface area contributed by atoms with E-state index in [1.807, 2.05) is 13.0 Å². The molecule has 1 heterocycles. The number of thiophene rings is 1. The van der Waals surface area contributed by atoms with E-state index in [0.29, 0.717) is 45.3 Å². The normalized spacial score (nSPS) is 13.2. The number of nitrogens with one attached hydrogen (secondary N) is 3. The van der Waals surface area contributed by atoms with E-state index < -0.39 is 23.0 Å². The van der Waals surface area contributed by atoms with Gasteiger partial charge in [-0.1, -0.05) is 37.6 Å². The number of ether oxygens (including phenoxy) is 3. The number of rotatable bonds is 14. The molecule has 1 aliphatic rings. The number of carbonyl (C=O) groups excluding carboxylic acids is 4. The first-order chi connectivity index (χ1) is 25.2. The molecule has 272 valence electrons. The fraction of sp³-hybridized carbons (Fsp3) is 0.300. The average Bonchev–Trinajstić information content (AvgIpc) is 3.33. The summed E-state index contributed by atoms with van der Waals surface area (Å²) in [7, 11) is 3.05. The number of benzene rings is 3. The maximum absolute atomic E-state index is 13.8. The smallest absolute Gasteiger partial charge is 0.341 e. The van der Waals surface area contributed by atoms with Gasteiger partial charge >= 0.3 is 5.97 Å². The maximum atomic E-state index is 13.8. The first-order valence-corrected chi connectivity index (χ1v) is 18.9. The van der Waals surface area contributed by atoms with Crippen molar-refractivity contribution in [3.05, 3.63) is 106 Å². The molecule has 0 radical (unpaired) electrons. The molecule has 0 spiro atoms. The van der Waals surface area contributed by atoms with Crippen molar-refractivity contribution in [3.63, 3.8) is 0 Å². The van der Waals surface area contributed by atoms with Crippen LogP contribution < -0.4 is 25.4 Å². The number of fused-ring (bicyclic) bond motifs is 1. The van der Waals surface area contributed by atoms with Gasteiger partial charge in [0.15, 0.2) is 0 Å². The maximum Gasteiger partial charge on any atom is 0.341 e. The van der Waals surface area contributed by atoms with Crippen molar-refractivity contribution in [1.29, 1.82) is 0 Å². The van der Waals surface area contributed by atoms with Gasteiger partial charge in [-0.3, -0.25) is 14.4 Å². The Kier molecular flexibility index (Phi) is 13.5. The molecule has 0 aliphatic heterocycles. The van der Waals surface area contributed by atoms with Crippen LogP contribution in [0.4, 0.5) is 10.7 Å². The van der Waals surface area contributed by atoms with Crippen molar-refractivity contribution >= 4 is 63.6 Å². The van der Waals surface area contributed by atoms with E-state index in [4.69, 9.17) is 14.2 Å². The molecule has 3 amide bonds. The number of carbonyl (C=O) groups is 4. The van der Waals surface area contributed by atoms with Crippen LogP contribution in [0.25, 0.3) is 6.08 Å². The van der Waals surface area contributed by atoms with Crippen LogP contribution in [0.2, 0.25) is 0 Å². The van der Waals surface area contributed by atoms with E-state index in [0.717, 1.165) is 47.4 Å². The Bertz CT molecular complexity index is 1940. The Morgan fingerprint density at radius 1 is 0.885 bits per heavy atom. The Hall–Kier alpha value is -5.07. The van der Waals surface area contributed by atoms with E-state index in [2.05, 4.69) is 16.0 Å². The summed E-state index contributed by atoms with van der Waals surface area (Å²) in [4.78, 5) is 55.6. The molecule has 4 aromatic rings. The lowest BCUT2D eigenvalue weighted by molar-refractivity contribution is -0.116. The van der Waals surface area contributed by atoms with Crippen molar-refractivity contribution in [2.24, 2.45) is 0 Å². The topological polar surface area (TPSA) is 132 Å². The van der Waals surface area contributed by atoms with E-state index in [1.54, 1.807) is 86.8 Å². The quantitative estimate of drug-likeness (QED) is 0.0511. The van der Waals surface area contributed by atoms with E-state index in [-0.39, 0.29) is 18.2 Å². The molecule has 1 unspecified atom stereocenters.